The lowest BCUT2D eigenvalue weighted by Gasteiger charge is -2.28. The van der Waals surface area contributed by atoms with Crippen LogP contribution in [0.1, 0.15) is 12.8 Å². The molecule has 3 heteroatoms. The Hall–Kier alpha value is -0.120. The van der Waals surface area contributed by atoms with Gasteiger partial charge in [0.25, 0.3) is 0 Å². The highest BCUT2D eigenvalue weighted by Crippen LogP contribution is 2.17. The van der Waals surface area contributed by atoms with Crippen LogP contribution in [0, 0.1) is 5.92 Å². The summed E-state index contributed by atoms with van der Waals surface area (Å²) in [6, 6.07) is 0. The Morgan fingerprint density at radius 1 is 1.55 bits per heavy atom. The van der Waals surface area contributed by atoms with Crippen molar-refractivity contribution in [2.24, 2.45) is 11.7 Å². The fourth-order valence-electron chi connectivity index (χ4n) is 1.70. The van der Waals surface area contributed by atoms with E-state index in [0.29, 0.717) is 12.5 Å². The van der Waals surface area contributed by atoms with Crippen LogP contribution in [0.15, 0.2) is 0 Å². The van der Waals surface area contributed by atoms with Gasteiger partial charge in [0.05, 0.1) is 6.10 Å². The number of piperidine rings is 1. The number of ether oxygens (including phenoxy) is 1. The number of rotatable bonds is 3. The number of nitrogens with one attached hydrogen (secondary N) is 1. The Kier molecular flexibility index (Phi) is 3.83. The van der Waals surface area contributed by atoms with Gasteiger partial charge in [0, 0.05) is 13.7 Å². The van der Waals surface area contributed by atoms with Crippen LogP contribution < -0.4 is 11.1 Å². The predicted octanol–water partition coefficient (Wildman–Crippen LogP) is -0.0403. The third-order valence-corrected chi connectivity index (χ3v) is 2.44. The first kappa shape index (κ1) is 8.97. The molecule has 3 nitrogen and oxygen atoms in total. The van der Waals surface area contributed by atoms with Gasteiger partial charge in [-0.2, -0.15) is 0 Å². The molecule has 0 radical (unpaired) electrons. The third kappa shape index (κ3) is 2.43. The van der Waals surface area contributed by atoms with E-state index in [1.165, 1.54) is 12.8 Å². The summed E-state index contributed by atoms with van der Waals surface area (Å²) in [7, 11) is 1.75. The molecule has 0 aromatic carbocycles. The molecule has 0 spiro atoms. The summed E-state index contributed by atoms with van der Waals surface area (Å²) < 4.78 is 5.29. The van der Waals surface area contributed by atoms with E-state index in [9.17, 15) is 0 Å². The number of methoxy groups -OCH3 is 1. The van der Waals surface area contributed by atoms with E-state index in [1.807, 2.05) is 0 Å². The van der Waals surface area contributed by atoms with Crippen LogP contribution in [0.25, 0.3) is 0 Å². The molecule has 0 aromatic heterocycles. The largest absolute Gasteiger partial charge is 0.380 e. The summed E-state index contributed by atoms with van der Waals surface area (Å²) in [6.45, 7) is 2.89. The SMILES string of the molecule is COC(CN)C1CCNCC1. The molecule has 0 aliphatic carbocycles. The molecule has 0 bridgehead atoms. The highest BCUT2D eigenvalue weighted by atomic mass is 16.5. The van der Waals surface area contributed by atoms with Crippen LogP contribution in [-0.2, 0) is 4.74 Å². The fraction of sp³-hybridized carbons (Fsp3) is 1.00. The van der Waals surface area contributed by atoms with Gasteiger partial charge >= 0.3 is 0 Å². The molecule has 1 heterocycles. The van der Waals surface area contributed by atoms with Crippen molar-refractivity contribution in [1.29, 1.82) is 0 Å². The lowest BCUT2D eigenvalue weighted by Crippen LogP contribution is -2.38. The molecule has 1 fully saturated rings. The smallest absolute Gasteiger partial charge is 0.0722 e. The topological polar surface area (TPSA) is 47.3 Å². The van der Waals surface area contributed by atoms with Crippen LogP contribution in [0.4, 0.5) is 0 Å². The average Bonchev–Trinajstić information content (AvgIpc) is 2.09. The number of hydrogen-bond acceptors (Lipinski definition) is 3. The zero-order valence-corrected chi connectivity index (χ0v) is 7.18. The standard InChI is InChI=1S/C8H18N2O/c1-11-8(6-9)7-2-4-10-5-3-7/h7-8,10H,2-6,9H2,1H3. The van der Waals surface area contributed by atoms with E-state index in [4.69, 9.17) is 10.5 Å². The van der Waals surface area contributed by atoms with Crippen LogP contribution in [0.2, 0.25) is 0 Å². The highest BCUT2D eigenvalue weighted by molar-refractivity contribution is 4.76. The minimum absolute atomic E-state index is 0.275. The first-order valence-corrected chi connectivity index (χ1v) is 4.32. The summed E-state index contributed by atoms with van der Waals surface area (Å²) in [6.07, 6.45) is 2.68. The quantitative estimate of drug-likeness (QED) is 0.606. The molecule has 1 unspecified atom stereocenters. The van der Waals surface area contributed by atoms with Crippen molar-refractivity contribution in [3.05, 3.63) is 0 Å². The zero-order chi connectivity index (χ0) is 8.10. The van der Waals surface area contributed by atoms with Crippen LogP contribution in [0.5, 0.6) is 0 Å². The molecule has 11 heavy (non-hydrogen) atoms. The maximum absolute atomic E-state index is 5.57. The van der Waals surface area contributed by atoms with E-state index < -0.39 is 0 Å². The summed E-state index contributed by atoms with van der Waals surface area (Å²) in [5.41, 5.74) is 5.57. The van der Waals surface area contributed by atoms with Crippen molar-refractivity contribution in [2.75, 3.05) is 26.7 Å². The Bertz CT molecular complexity index is 98.3. The summed E-state index contributed by atoms with van der Waals surface area (Å²) in [5.74, 6) is 0.672. The van der Waals surface area contributed by atoms with Gasteiger partial charge in [0.1, 0.15) is 0 Å². The van der Waals surface area contributed by atoms with E-state index >= 15 is 0 Å². The van der Waals surface area contributed by atoms with Gasteiger partial charge in [-0.1, -0.05) is 0 Å². The van der Waals surface area contributed by atoms with Crippen molar-refractivity contribution in [3.63, 3.8) is 0 Å². The lowest BCUT2D eigenvalue weighted by atomic mass is 9.92. The normalized spacial score (nSPS) is 23.5. The number of hydrogen-bond donors (Lipinski definition) is 2. The first-order chi connectivity index (χ1) is 5.38. The second-order valence-corrected chi connectivity index (χ2v) is 3.10. The van der Waals surface area contributed by atoms with Gasteiger partial charge in [0.2, 0.25) is 0 Å². The molecule has 1 saturated heterocycles. The van der Waals surface area contributed by atoms with Gasteiger partial charge < -0.3 is 15.8 Å². The van der Waals surface area contributed by atoms with Crippen molar-refractivity contribution < 1.29 is 4.74 Å². The van der Waals surface area contributed by atoms with Gasteiger partial charge in [-0.15, -0.1) is 0 Å². The average molecular weight is 158 g/mol. The van der Waals surface area contributed by atoms with Gasteiger partial charge in [-0.25, -0.2) is 0 Å². The lowest BCUT2D eigenvalue weighted by molar-refractivity contribution is 0.0461. The molecule has 0 saturated carbocycles. The Morgan fingerprint density at radius 2 is 2.18 bits per heavy atom. The second kappa shape index (κ2) is 4.70. The second-order valence-electron chi connectivity index (χ2n) is 3.10. The maximum Gasteiger partial charge on any atom is 0.0722 e. The molecule has 1 aliphatic rings. The Labute approximate surface area is 68.3 Å². The molecule has 1 aliphatic heterocycles. The van der Waals surface area contributed by atoms with Crippen molar-refractivity contribution in [2.45, 2.75) is 18.9 Å². The molecule has 3 N–H and O–H groups in total. The molecule has 0 aromatic rings. The monoisotopic (exact) mass is 158 g/mol. The Balaban J connectivity index is 2.30. The molecular weight excluding hydrogens is 140 g/mol. The summed E-state index contributed by atoms with van der Waals surface area (Å²) >= 11 is 0. The summed E-state index contributed by atoms with van der Waals surface area (Å²) in [5, 5.41) is 3.32. The van der Waals surface area contributed by atoms with Crippen LogP contribution in [0.3, 0.4) is 0 Å². The van der Waals surface area contributed by atoms with Gasteiger partial charge in [-0.3, -0.25) is 0 Å². The van der Waals surface area contributed by atoms with E-state index in [2.05, 4.69) is 5.32 Å². The zero-order valence-electron chi connectivity index (χ0n) is 7.18. The molecule has 0 amide bonds. The highest BCUT2D eigenvalue weighted by Gasteiger charge is 2.21. The molecule has 1 rings (SSSR count). The van der Waals surface area contributed by atoms with E-state index in [-0.39, 0.29) is 6.10 Å². The van der Waals surface area contributed by atoms with Crippen molar-refractivity contribution in [3.8, 4) is 0 Å². The minimum Gasteiger partial charge on any atom is -0.380 e. The third-order valence-electron chi connectivity index (χ3n) is 2.44. The summed E-state index contributed by atoms with van der Waals surface area (Å²) in [4.78, 5) is 0. The predicted molar refractivity (Wildman–Crippen MR) is 45.4 cm³/mol. The van der Waals surface area contributed by atoms with E-state index in [0.717, 1.165) is 13.1 Å². The Morgan fingerprint density at radius 3 is 2.64 bits per heavy atom. The van der Waals surface area contributed by atoms with E-state index in [1.54, 1.807) is 7.11 Å². The molecular formula is C8H18N2O. The van der Waals surface area contributed by atoms with Crippen LogP contribution >= 0.6 is 0 Å². The van der Waals surface area contributed by atoms with Gasteiger partial charge in [0.15, 0.2) is 0 Å². The van der Waals surface area contributed by atoms with Gasteiger partial charge in [-0.05, 0) is 31.8 Å². The number of nitrogens with two attached hydrogens (primary N) is 1. The van der Waals surface area contributed by atoms with Crippen molar-refractivity contribution in [1.82, 2.24) is 5.32 Å². The van der Waals surface area contributed by atoms with Crippen molar-refractivity contribution >= 4 is 0 Å². The first-order valence-electron chi connectivity index (χ1n) is 4.32. The van der Waals surface area contributed by atoms with Crippen LogP contribution in [-0.4, -0.2) is 32.8 Å². The molecule has 1 atom stereocenters. The minimum atomic E-state index is 0.275. The molecule has 66 valence electrons. The maximum atomic E-state index is 5.57. The fourth-order valence-corrected chi connectivity index (χ4v) is 1.70.